The van der Waals surface area contributed by atoms with Crippen molar-refractivity contribution in [2.45, 2.75) is 31.2 Å². The highest BCUT2D eigenvalue weighted by Gasteiger charge is 2.41. The number of hydrogen-bond acceptors (Lipinski definition) is 11. The maximum absolute atomic E-state index is 13.1. The fourth-order valence-electron chi connectivity index (χ4n) is 4.89. The number of carbonyl (C=O) groups excluding carboxylic acids is 1. The van der Waals surface area contributed by atoms with E-state index in [4.69, 9.17) is 33.2 Å². The Labute approximate surface area is 210 Å². The Morgan fingerprint density at radius 3 is 2.35 bits per heavy atom. The number of cyclic esters (lactones) is 1. The van der Waals surface area contributed by atoms with Crippen LogP contribution in [0.25, 0.3) is 21.9 Å². The highest BCUT2D eigenvalue weighted by molar-refractivity contribution is 6.14. The van der Waals surface area contributed by atoms with Gasteiger partial charge in [-0.3, -0.25) is 0 Å². The summed E-state index contributed by atoms with van der Waals surface area (Å²) in [5, 5.41) is 31.6. The number of aliphatic hydroxyl groups is 3. The van der Waals surface area contributed by atoms with E-state index in [0.29, 0.717) is 50.5 Å². The van der Waals surface area contributed by atoms with Crippen molar-refractivity contribution in [3.05, 3.63) is 41.5 Å². The third-order valence-electron chi connectivity index (χ3n) is 6.76. The minimum absolute atomic E-state index is 0.0840. The third kappa shape index (κ3) is 3.70. The lowest BCUT2D eigenvalue weighted by Crippen LogP contribution is -2.54. The molecule has 194 valence electrons. The molecule has 0 radical (unpaired) electrons. The molecule has 11 nitrogen and oxygen atoms in total. The Kier molecular flexibility index (Phi) is 5.72. The number of carbonyl (C=O) groups is 1. The molecule has 0 aliphatic carbocycles. The minimum Gasteiger partial charge on any atom is -0.493 e. The van der Waals surface area contributed by atoms with Crippen LogP contribution < -0.4 is 23.7 Å². The molecule has 0 bridgehead atoms. The number of methoxy groups -OCH3 is 2. The second-order valence-corrected chi connectivity index (χ2v) is 8.82. The van der Waals surface area contributed by atoms with Crippen molar-refractivity contribution in [3.8, 4) is 39.9 Å². The zero-order chi connectivity index (χ0) is 25.8. The van der Waals surface area contributed by atoms with Crippen molar-refractivity contribution in [3.63, 3.8) is 0 Å². The summed E-state index contributed by atoms with van der Waals surface area (Å²) in [6, 6.07) is 8.79. The van der Waals surface area contributed by atoms with Gasteiger partial charge in [0.2, 0.25) is 13.1 Å². The van der Waals surface area contributed by atoms with Crippen LogP contribution in [0.5, 0.6) is 28.7 Å². The van der Waals surface area contributed by atoms with Crippen molar-refractivity contribution in [1.82, 2.24) is 0 Å². The van der Waals surface area contributed by atoms with E-state index in [-0.39, 0.29) is 31.3 Å². The van der Waals surface area contributed by atoms with E-state index in [1.165, 1.54) is 14.2 Å². The summed E-state index contributed by atoms with van der Waals surface area (Å²) in [7, 11) is 3.00. The Balaban J connectivity index is 1.61. The molecule has 1 fully saturated rings. The molecular weight excluding hydrogens is 488 g/mol. The van der Waals surface area contributed by atoms with Gasteiger partial charge in [0.05, 0.1) is 26.4 Å². The van der Waals surface area contributed by atoms with Gasteiger partial charge in [0.1, 0.15) is 30.7 Å². The highest BCUT2D eigenvalue weighted by atomic mass is 16.7. The molecule has 0 saturated carbocycles. The van der Waals surface area contributed by atoms with Crippen LogP contribution in [0, 0.1) is 0 Å². The van der Waals surface area contributed by atoms with Gasteiger partial charge in [-0.1, -0.05) is 6.07 Å². The molecule has 4 atom stereocenters. The van der Waals surface area contributed by atoms with Gasteiger partial charge >= 0.3 is 5.97 Å². The van der Waals surface area contributed by atoms with Crippen LogP contribution in [-0.4, -0.2) is 73.5 Å². The van der Waals surface area contributed by atoms with E-state index in [1.54, 1.807) is 24.3 Å². The zero-order valence-corrected chi connectivity index (χ0v) is 19.9. The Hall–Kier alpha value is -3.77. The largest absolute Gasteiger partial charge is 0.493 e. The molecular formula is C26H24O11. The van der Waals surface area contributed by atoms with Crippen molar-refractivity contribution in [2.24, 2.45) is 0 Å². The Morgan fingerprint density at radius 2 is 1.59 bits per heavy atom. The van der Waals surface area contributed by atoms with Crippen LogP contribution in [0.4, 0.5) is 0 Å². The SMILES string of the molecule is COc1cc2c(O[C@@H]3OC[C@H](O)[C@H](O)[C@H]3O)c3c(c(-c4ccc5c(c4)OCO5)c2cc1OC)C(=O)OC3. The van der Waals surface area contributed by atoms with Crippen LogP contribution in [-0.2, 0) is 16.1 Å². The van der Waals surface area contributed by atoms with Crippen molar-refractivity contribution < 1.29 is 53.3 Å². The van der Waals surface area contributed by atoms with Crippen molar-refractivity contribution >= 4 is 16.7 Å². The summed E-state index contributed by atoms with van der Waals surface area (Å²) >= 11 is 0. The summed E-state index contributed by atoms with van der Waals surface area (Å²) in [4.78, 5) is 13.1. The van der Waals surface area contributed by atoms with Crippen LogP contribution in [0.2, 0.25) is 0 Å². The van der Waals surface area contributed by atoms with Crippen LogP contribution in [0.15, 0.2) is 30.3 Å². The molecule has 3 aromatic rings. The monoisotopic (exact) mass is 512 g/mol. The van der Waals surface area contributed by atoms with Gasteiger partial charge in [0.15, 0.2) is 23.0 Å². The molecule has 3 aromatic carbocycles. The third-order valence-corrected chi connectivity index (χ3v) is 6.76. The number of benzene rings is 3. The van der Waals surface area contributed by atoms with Gasteiger partial charge in [0, 0.05) is 16.5 Å². The molecule has 3 heterocycles. The van der Waals surface area contributed by atoms with Gasteiger partial charge in [0.25, 0.3) is 0 Å². The molecule has 3 aliphatic heterocycles. The maximum Gasteiger partial charge on any atom is 0.339 e. The number of esters is 1. The minimum atomic E-state index is -1.54. The van der Waals surface area contributed by atoms with Gasteiger partial charge in [-0.05, 0) is 35.2 Å². The highest BCUT2D eigenvalue weighted by Crippen LogP contribution is 2.49. The molecule has 0 unspecified atom stereocenters. The topological polar surface area (TPSA) is 142 Å². The van der Waals surface area contributed by atoms with Crippen LogP contribution >= 0.6 is 0 Å². The van der Waals surface area contributed by atoms with E-state index in [0.717, 1.165) is 0 Å². The molecule has 0 amide bonds. The fourth-order valence-corrected chi connectivity index (χ4v) is 4.89. The van der Waals surface area contributed by atoms with Crippen LogP contribution in [0.3, 0.4) is 0 Å². The number of aliphatic hydroxyl groups excluding tert-OH is 3. The standard InChI is InChI=1S/C26H24O11/c1-31-17-6-12-13(7-18(17)32-2)24(37-26-23(29)22(28)15(27)9-34-26)14-8-33-25(30)21(14)20(12)11-3-4-16-19(5-11)36-10-35-16/h3-7,15,22-23,26-29H,8-10H2,1-2H3/t15-,22-,23+,26-/m0/s1. The Morgan fingerprint density at radius 1 is 0.865 bits per heavy atom. The van der Waals surface area contributed by atoms with E-state index < -0.39 is 30.6 Å². The quantitative estimate of drug-likeness (QED) is 0.430. The average Bonchev–Trinajstić information content (AvgIpc) is 3.54. The molecule has 0 aromatic heterocycles. The smallest absolute Gasteiger partial charge is 0.339 e. The lowest BCUT2D eigenvalue weighted by Gasteiger charge is -2.35. The molecule has 11 heteroatoms. The molecule has 3 aliphatic rings. The fraction of sp³-hybridized carbons (Fsp3) is 0.346. The molecule has 1 saturated heterocycles. The van der Waals surface area contributed by atoms with Gasteiger partial charge in [-0.2, -0.15) is 0 Å². The summed E-state index contributed by atoms with van der Waals surface area (Å²) < 4.78 is 39.1. The van der Waals surface area contributed by atoms with Crippen LogP contribution in [0.1, 0.15) is 15.9 Å². The molecule has 6 rings (SSSR count). The second kappa shape index (κ2) is 8.96. The van der Waals surface area contributed by atoms with E-state index in [9.17, 15) is 20.1 Å². The first-order valence-electron chi connectivity index (χ1n) is 11.6. The number of fused-ring (bicyclic) bond motifs is 3. The lowest BCUT2D eigenvalue weighted by molar-refractivity contribution is -0.241. The van der Waals surface area contributed by atoms with Gasteiger partial charge < -0.3 is 48.5 Å². The first-order chi connectivity index (χ1) is 17.9. The average molecular weight is 512 g/mol. The zero-order valence-electron chi connectivity index (χ0n) is 19.9. The predicted molar refractivity (Wildman–Crippen MR) is 126 cm³/mol. The second-order valence-electron chi connectivity index (χ2n) is 8.82. The first kappa shape index (κ1) is 23.6. The van der Waals surface area contributed by atoms with E-state index in [1.807, 2.05) is 6.07 Å². The summed E-state index contributed by atoms with van der Waals surface area (Å²) in [5.74, 6) is 1.62. The van der Waals surface area contributed by atoms with Gasteiger partial charge in [-0.25, -0.2) is 4.79 Å². The number of rotatable bonds is 5. The molecule has 37 heavy (non-hydrogen) atoms. The summed E-state index contributed by atoms with van der Waals surface area (Å²) in [5.41, 5.74) is 1.96. The molecule has 3 N–H and O–H groups in total. The van der Waals surface area contributed by atoms with E-state index in [2.05, 4.69) is 0 Å². The Bertz CT molecular complexity index is 1400. The van der Waals surface area contributed by atoms with Gasteiger partial charge in [-0.15, -0.1) is 0 Å². The number of hydrogen-bond donors (Lipinski definition) is 3. The van der Waals surface area contributed by atoms with E-state index >= 15 is 0 Å². The number of ether oxygens (including phenoxy) is 7. The summed E-state index contributed by atoms with van der Waals surface area (Å²) in [6.45, 7) is -0.230. The first-order valence-corrected chi connectivity index (χ1v) is 11.6. The van der Waals surface area contributed by atoms with Crippen molar-refractivity contribution in [2.75, 3.05) is 27.6 Å². The predicted octanol–water partition coefficient (Wildman–Crippen LogP) is 1.74. The lowest BCUT2D eigenvalue weighted by atomic mass is 9.89. The summed E-state index contributed by atoms with van der Waals surface area (Å²) in [6.07, 6.45) is -5.59. The normalized spacial score (nSPS) is 24.1. The molecule has 0 spiro atoms. The van der Waals surface area contributed by atoms with Crippen molar-refractivity contribution in [1.29, 1.82) is 0 Å². The maximum atomic E-state index is 13.1.